The number of aromatic nitrogens is 1. The standard InChI is InChI=1S/C13H18N2O2S/c1-9-5-6-11(13(16)17)12(15-9)14-8-10-4-2-3-7-18-10/h5-6,10H,2-4,7-8H2,1H3,(H,14,15)(H,16,17). The Hall–Kier alpha value is -1.23. The van der Waals surface area contributed by atoms with Crippen molar-refractivity contribution in [2.75, 3.05) is 17.6 Å². The highest BCUT2D eigenvalue weighted by molar-refractivity contribution is 7.99. The van der Waals surface area contributed by atoms with Gasteiger partial charge in [0.1, 0.15) is 11.4 Å². The van der Waals surface area contributed by atoms with E-state index in [0.29, 0.717) is 11.1 Å². The molecular weight excluding hydrogens is 248 g/mol. The maximum Gasteiger partial charge on any atom is 0.339 e. The van der Waals surface area contributed by atoms with E-state index in [2.05, 4.69) is 10.3 Å². The zero-order chi connectivity index (χ0) is 13.0. The summed E-state index contributed by atoms with van der Waals surface area (Å²) in [5, 5.41) is 12.9. The lowest BCUT2D eigenvalue weighted by atomic mass is 10.2. The van der Waals surface area contributed by atoms with Gasteiger partial charge >= 0.3 is 5.97 Å². The molecule has 5 heteroatoms. The molecule has 0 aromatic carbocycles. The van der Waals surface area contributed by atoms with Crippen molar-refractivity contribution in [2.45, 2.75) is 31.4 Å². The average molecular weight is 266 g/mol. The lowest BCUT2D eigenvalue weighted by molar-refractivity contribution is 0.0697. The lowest BCUT2D eigenvalue weighted by Crippen LogP contribution is -2.21. The van der Waals surface area contributed by atoms with Gasteiger partial charge in [-0.3, -0.25) is 0 Å². The molecule has 1 unspecified atom stereocenters. The second-order valence-electron chi connectivity index (χ2n) is 4.52. The van der Waals surface area contributed by atoms with Crippen molar-refractivity contribution in [2.24, 2.45) is 0 Å². The SMILES string of the molecule is Cc1ccc(C(=O)O)c(NCC2CCCCS2)n1. The first-order valence-corrected chi connectivity index (χ1v) is 7.28. The molecule has 0 saturated carbocycles. The Labute approximate surface area is 111 Å². The summed E-state index contributed by atoms with van der Waals surface area (Å²) in [6.07, 6.45) is 3.77. The van der Waals surface area contributed by atoms with E-state index in [0.717, 1.165) is 12.2 Å². The third-order valence-electron chi connectivity index (χ3n) is 3.04. The van der Waals surface area contributed by atoms with E-state index in [4.69, 9.17) is 5.11 Å². The number of nitrogens with one attached hydrogen (secondary N) is 1. The lowest BCUT2D eigenvalue weighted by Gasteiger charge is -2.22. The minimum atomic E-state index is -0.929. The third-order valence-corrected chi connectivity index (χ3v) is 4.43. The summed E-state index contributed by atoms with van der Waals surface area (Å²) in [4.78, 5) is 15.4. The van der Waals surface area contributed by atoms with Crippen molar-refractivity contribution in [3.8, 4) is 0 Å². The first kappa shape index (κ1) is 13.2. The molecule has 2 heterocycles. The van der Waals surface area contributed by atoms with E-state index in [9.17, 15) is 4.79 Å². The molecule has 0 bridgehead atoms. The maximum absolute atomic E-state index is 11.1. The van der Waals surface area contributed by atoms with Crippen LogP contribution in [0, 0.1) is 6.92 Å². The first-order valence-electron chi connectivity index (χ1n) is 6.23. The van der Waals surface area contributed by atoms with Crippen molar-refractivity contribution in [1.82, 2.24) is 4.98 Å². The Bertz CT molecular complexity index is 431. The third kappa shape index (κ3) is 3.38. The molecule has 1 aromatic rings. The van der Waals surface area contributed by atoms with Gasteiger partial charge in [0.05, 0.1) is 0 Å². The van der Waals surface area contributed by atoms with E-state index in [1.165, 1.54) is 25.0 Å². The van der Waals surface area contributed by atoms with Crippen molar-refractivity contribution in [3.63, 3.8) is 0 Å². The number of hydrogen-bond acceptors (Lipinski definition) is 4. The van der Waals surface area contributed by atoms with Gasteiger partial charge < -0.3 is 10.4 Å². The molecule has 2 N–H and O–H groups in total. The number of thioether (sulfide) groups is 1. The van der Waals surface area contributed by atoms with E-state index in [-0.39, 0.29) is 5.56 Å². The van der Waals surface area contributed by atoms with Crippen LogP contribution < -0.4 is 5.32 Å². The Kier molecular flexibility index (Phi) is 4.47. The van der Waals surface area contributed by atoms with Gasteiger partial charge in [0.15, 0.2) is 0 Å². The second-order valence-corrected chi connectivity index (χ2v) is 5.93. The van der Waals surface area contributed by atoms with Crippen molar-refractivity contribution < 1.29 is 9.90 Å². The maximum atomic E-state index is 11.1. The fourth-order valence-corrected chi connectivity index (χ4v) is 3.28. The number of hydrogen-bond donors (Lipinski definition) is 2. The van der Waals surface area contributed by atoms with Crippen LogP contribution in [0.4, 0.5) is 5.82 Å². The van der Waals surface area contributed by atoms with Crippen LogP contribution in [-0.4, -0.2) is 33.6 Å². The van der Waals surface area contributed by atoms with E-state index >= 15 is 0 Å². The smallest absolute Gasteiger partial charge is 0.339 e. The highest BCUT2D eigenvalue weighted by atomic mass is 32.2. The number of carboxylic acids is 1. The van der Waals surface area contributed by atoms with Crippen molar-refractivity contribution >= 4 is 23.5 Å². The van der Waals surface area contributed by atoms with Crippen LogP contribution >= 0.6 is 11.8 Å². The zero-order valence-corrected chi connectivity index (χ0v) is 11.3. The molecule has 4 nitrogen and oxygen atoms in total. The minimum absolute atomic E-state index is 0.251. The monoisotopic (exact) mass is 266 g/mol. The van der Waals surface area contributed by atoms with Crippen LogP contribution in [0.15, 0.2) is 12.1 Å². The highest BCUT2D eigenvalue weighted by Gasteiger charge is 2.16. The molecule has 0 radical (unpaired) electrons. The van der Waals surface area contributed by atoms with Crippen LogP contribution in [0.1, 0.15) is 35.3 Å². The zero-order valence-electron chi connectivity index (χ0n) is 10.5. The minimum Gasteiger partial charge on any atom is -0.478 e. The summed E-state index contributed by atoms with van der Waals surface area (Å²) < 4.78 is 0. The van der Waals surface area contributed by atoms with Gasteiger partial charge in [-0.1, -0.05) is 6.42 Å². The number of anilines is 1. The van der Waals surface area contributed by atoms with Gasteiger partial charge in [-0.15, -0.1) is 0 Å². The van der Waals surface area contributed by atoms with Crippen molar-refractivity contribution in [3.05, 3.63) is 23.4 Å². The summed E-state index contributed by atoms with van der Waals surface area (Å²) in [5.41, 5.74) is 1.08. The molecule has 98 valence electrons. The predicted octanol–water partition coefficient (Wildman–Crippen LogP) is 2.79. The fraction of sp³-hybridized carbons (Fsp3) is 0.538. The molecule has 0 spiro atoms. The highest BCUT2D eigenvalue weighted by Crippen LogP contribution is 2.25. The number of carbonyl (C=O) groups is 1. The molecule has 18 heavy (non-hydrogen) atoms. The Morgan fingerprint density at radius 1 is 1.56 bits per heavy atom. The van der Waals surface area contributed by atoms with E-state index in [1.807, 2.05) is 18.7 Å². The van der Waals surface area contributed by atoms with Crippen molar-refractivity contribution in [1.29, 1.82) is 0 Å². The Balaban J connectivity index is 2.03. The normalized spacial score (nSPS) is 19.5. The number of aromatic carboxylic acids is 1. The summed E-state index contributed by atoms with van der Waals surface area (Å²) in [7, 11) is 0. The summed E-state index contributed by atoms with van der Waals surface area (Å²) in [5.74, 6) is 0.773. The van der Waals surface area contributed by atoms with Gasteiger partial charge in [-0.05, 0) is 37.7 Å². The topological polar surface area (TPSA) is 62.2 Å². The number of nitrogens with zero attached hydrogens (tertiary/aromatic N) is 1. The molecule has 0 aliphatic carbocycles. The van der Waals surface area contributed by atoms with E-state index < -0.39 is 5.97 Å². The molecule has 1 aliphatic heterocycles. The Morgan fingerprint density at radius 2 is 2.39 bits per heavy atom. The van der Waals surface area contributed by atoms with E-state index in [1.54, 1.807) is 12.1 Å². The molecule has 0 amide bonds. The van der Waals surface area contributed by atoms with Gasteiger partial charge in [0.25, 0.3) is 0 Å². The average Bonchev–Trinajstić information content (AvgIpc) is 2.37. The van der Waals surface area contributed by atoms with Crippen LogP contribution in [-0.2, 0) is 0 Å². The van der Waals surface area contributed by atoms with Gasteiger partial charge in [-0.25, -0.2) is 9.78 Å². The first-order chi connectivity index (χ1) is 8.66. The fourth-order valence-electron chi connectivity index (χ4n) is 2.04. The molecule has 1 aliphatic rings. The molecule has 2 rings (SSSR count). The molecule has 1 saturated heterocycles. The molecular formula is C13H18N2O2S. The Morgan fingerprint density at radius 3 is 3.06 bits per heavy atom. The van der Waals surface area contributed by atoms with Gasteiger partial charge in [-0.2, -0.15) is 11.8 Å². The largest absolute Gasteiger partial charge is 0.478 e. The summed E-state index contributed by atoms with van der Waals surface area (Å²) >= 11 is 1.96. The number of aryl methyl sites for hydroxylation is 1. The number of carboxylic acid groups (broad SMARTS) is 1. The van der Waals surface area contributed by atoms with Gasteiger partial charge in [0.2, 0.25) is 0 Å². The van der Waals surface area contributed by atoms with Gasteiger partial charge in [0, 0.05) is 17.5 Å². The number of pyridine rings is 1. The van der Waals surface area contributed by atoms with Crippen LogP contribution in [0.2, 0.25) is 0 Å². The summed E-state index contributed by atoms with van der Waals surface area (Å²) in [6.45, 7) is 2.66. The van der Waals surface area contributed by atoms with Crippen LogP contribution in [0.25, 0.3) is 0 Å². The molecule has 1 aromatic heterocycles. The van der Waals surface area contributed by atoms with Crippen LogP contribution in [0.3, 0.4) is 0 Å². The molecule has 1 fully saturated rings. The number of rotatable bonds is 4. The van der Waals surface area contributed by atoms with Crippen LogP contribution in [0.5, 0.6) is 0 Å². The quantitative estimate of drug-likeness (QED) is 0.877. The molecule has 1 atom stereocenters. The second kappa shape index (κ2) is 6.09. The summed E-state index contributed by atoms with van der Waals surface area (Å²) in [6, 6.07) is 3.34. The predicted molar refractivity (Wildman–Crippen MR) is 74.5 cm³/mol.